The molecule has 2 aromatic carbocycles. The fourth-order valence-corrected chi connectivity index (χ4v) is 3.88. The summed E-state index contributed by atoms with van der Waals surface area (Å²) >= 11 is 0. The van der Waals surface area contributed by atoms with Gasteiger partial charge in [-0.3, -0.25) is 0 Å². The van der Waals surface area contributed by atoms with Crippen molar-refractivity contribution < 1.29 is 27.0 Å². The Morgan fingerprint density at radius 3 is 2.77 bits per heavy atom. The number of fused-ring (bicyclic) bond motifs is 1. The van der Waals surface area contributed by atoms with Crippen molar-refractivity contribution in [3.8, 4) is 11.5 Å². The van der Waals surface area contributed by atoms with E-state index in [1.807, 2.05) is 0 Å². The summed E-state index contributed by atoms with van der Waals surface area (Å²) in [5.41, 5.74) is 0. The van der Waals surface area contributed by atoms with Crippen molar-refractivity contribution in [3.05, 3.63) is 48.3 Å². The third-order valence-electron chi connectivity index (χ3n) is 3.91. The highest BCUT2D eigenvalue weighted by atomic mass is 32.2. The van der Waals surface area contributed by atoms with E-state index < -0.39 is 15.7 Å². The summed E-state index contributed by atoms with van der Waals surface area (Å²) in [4.78, 5) is -0.0783. The van der Waals surface area contributed by atoms with E-state index in [1.165, 1.54) is 30.3 Å². The van der Waals surface area contributed by atoms with Crippen molar-refractivity contribution >= 4 is 9.84 Å². The van der Waals surface area contributed by atoms with Gasteiger partial charge in [0.05, 0.1) is 16.4 Å². The zero-order valence-corrected chi connectivity index (χ0v) is 15.1. The topological polar surface area (TPSA) is 73.9 Å². The Balaban J connectivity index is 1.78. The van der Waals surface area contributed by atoms with Gasteiger partial charge in [-0.2, -0.15) is 0 Å². The van der Waals surface area contributed by atoms with Crippen molar-refractivity contribution in [3.63, 3.8) is 0 Å². The molecule has 0 spiro atoms. The lowest BCUT2D eigenvalue weighted by Gasteiger charge is -2.27. The monoisotopic (exact) mass is 381 g/mol. The first-order chi connectivity index (χ1) is 12.5. The molecule has 1 heterocycles. The molecule has 0 saturated heterocycles. The first kappa shape index (κ1) is 18.6. The molecule has 8 heteroatoms. The quantitative estimate of drug-likeness (QED) is 0.740. The van der Waals surface area contributed by atoms with E-state index in [1.54, 1.807) is 13.2 Å². The van der Waals surface area contributed by atoms with E-state index in [0.717, 1.165) is 6.07 Å². The summed E-state index contributed by atoms with van der Waals surface area (Å²) in [7, 11) is -2.22. The Morgan fingerprint density at radius 1 is 1.19 bits per heavy atom. The second kappa shape index (κ2) is 8.03. The highest BCUT2D eigenvalue weighted by Crippen LogP contribution is 2.35. The Labute approximate surface area is 151 Å². The molecule has 0 fully saturated rings. The van der Waals surface area contributed by atoms with Crippen LogP contribution >= 0.6 is 0 Å². The number of halogens is 1. The predicted octanol–water partition coefficient (Wildman–Crippen LogP) is 2.03. The minimum absolute atomic E-state index is 0.0263. The SMILES string of the molecule is COCCNC[C@@H]1COc2ccc(S(=O)(=O)c3cccc(F)c3)cc2O1. The van der Waals surface area contributed by atoms with Gasteiger partial charge in [0.25, 0.3) is 0 Å². The molecule has 1 atom stereocenters. The van der Waals surface area contributed by atoms with Crippen LogP contribution in [0.5, 0.6) is 11.5 Å². The molecule has 1 aliphatic heterocycles. The van der Waals surface area contributed by atoms with Crippen molar-refractivity contribution in [1.29, 1.82) is 0 Å². The minimum atomic E-state index is -3.84. The molecule has 3 rings (SSSR count). The smallest absolute Gasteiger partial charge is 0.206 e. The summed E-state index contributed by atoms with van der Waals surface area (Å²) < 4.78 is 55.2. The maximum atomic E-state index is 13.4. The molecule has 0 radical (unpaired) electrons. The number of sulfone groups is 1. The van der Waals surface area contributed by atoms with Gasteiger partial charge >= 0.3 is 0 Å². The normalized spacial score (nSPS) is 16.5. The fraction of sp³-hybridized carbons (Fsp3) is 0.333. The Bertz CT molecular complexity index is 872. The van der Waals surface area contributed by atoms with Gasteiger partial charge in [0.15, 0.2) is 11.5 Å². The maximum Gasteiger partial charge on any atom is 0.206 e. The molecule has 0 amide bonds. The predicted molar refractivity (Wildman–Crippen MR) is 93.0 cm³/mol. The lowest BCUT2D eigenvalue weighted by Crippen LogP contribution is -2.39. The van der Waals surface area contributed by atoms with Crippen molar-refractivity contribution in [2.24, 2.45) is 0 Å². The van der Waals surface area contributed by atoms with Gasteiger partial charge in [-0.05, 0) is 30.3 Å². The Kier molecular flexibility index (Phi) is 5.75. The third kappa shape index (κ3) is 4.14. The molecule has 140 valence electrons. The van der Waals surface area contributed by atoms with Gasteiger partial charge < -0.3 is 19.5 Å². The zero-order valence-electron chi connectivity index (χ0n) is 14.3. The third-order valence-corrected chi connectivity index (χ3v) is 5.65. The number of benzene rings is 2. The molecule has 0 saturated carbocycles. The van der Waals surface area contributed by atoms with Crippen LogP contribution in [0.15, 0.2) is 52.3 Å². The lowest BCUT2D eigenvalue weighted by atomic mass is 10.2. The van der Waals surface area contributed by atoms with E-state index >= 15 is 0 Å². The molecule has 26 heavy (non-hydrogen) atoms. The summed E-state index contributed by atoms with van der Waals surface area (Å²) in [5.74, 6) is 0.231. The Hall–Kier alpha value is -2.16. The van der Waals surface area contributed by atoms with E-state index in [9.17, 15) is 12.8 Å². The van der Waals surface area contributed by atoms with Gasteiger partial charge in [0.2, 0.25) is 9.84 Å². The highest BCUT2D eigenvalue weighted by Gasteiger charge is 2.25. The largest absolute Gasteiger partial charge is 0.486 e. The number of hydrogen-bond acceptors (Lipinski definition) is 6. The standard InChI is InChI=1S/C18H20FNO5S/c1-23-8-7-20-11-14-12-24-17-6-5-16(10-18(17)25-14)26(21,22)15-4-2-3-13(19)9-15/h2-6,9-10,14,20H,7-8,11-12H2,1H3/t14-/m1/s1. The van der Waals surface area contributed by atoms with Gasteiger partial charge in [-0.15, -0.1) is 0 Å². The number of rotatable bonds is 7. The Morgan fingerprint density at radius 2 is 2.00 bits per heavy atom. The number of methoxy groups -OCH3 is 1. The van der Waals surface area contributed by atoms with Gasteiger partial charge in [0, 0.05) is 26.3 Å². The first-order valence-electron chi connectivity index (χ1n) is 8.14. The molecular formula is C18H20FNO5S. The van der Waals surface area contributed by atoms with Crippen LogP contribution in [-0.2, 0) is 14.6 Å². The van der Waals surface area contributed by atoms with Crippen molar-refractivity contribution in [1.82, 2.24) is 5.32 Å². The number of hydrogen-bond donors (Lipinski definition) is 1. The first-order valence-corrected chi connectivity index (χ1v) is 9.63. The highest BCUT2D eigenvalue weighted by molar-refractivity contribution is 7.91. The zero-order chi connectivity index (χ0) is 18.6. The molecule has 6 nitrogen and oxygen atoms in total. The molecule has 0 aliphatic carbocycles. The average molecular weight is 381 g/mol. The fourth-order valence-electron chi connectivity index (χ4n) is 2.57. The van der Waals surface area contributed by atoms with Crippen molar-refractivity contribution in [2.75, 3.05) is 33.4 Å². The van der Waals surface area contributed by atoms with Crippen LogP contribution in [0.4, 0.5) is 4.39 Å². The molecule has 1 aliphatic rings. The van der Waals surface area contributed by atoms with Gasteiger partial charge in [0.1, 0.15) is 18.5 Å². The molecule has 2 aromatic rings. The van der Waals surface area contributed by atoms with Crippen LogP contribution in [-0.4, -0.2) is 47.9 Å². The summed E-state index contributed by atoms with van der Waals surface area (Å²) in [5, 5.41) is 3.17. The molecule has 0 unspecified atom stereocenters. The van der Waals surface area contributed by atoms with E-state index in [-0.39, 0.29) is 15.9 Å². The van der Waals surface area contributed by atoms with Crippen molar-refractivity contribution in [2.45, 2.75) is 15.9 Å². The van der Waals surface area contributed by atoms with Crippen LogP contribution in [0.2, 0.25) is 0 Å². The second-order valence-corrected chi connectivity index (χ2v) is 7.77. The summed E-state index contributed by atoms with van der Waals surface area (Å²) in [6.45, 7) is 2.17. The van der Waals surface area contributed by atoms with Crippen LogP contribution < -0.4 is 14.8 Å². The van der Waals surface area contributed by atoms with E-state index in [0.29, 0.717) is 37.8 Å². The van der Waals surface area contributed by atoms with E-state index in [2.05, 4.69) is 5.32 Å². The number of ether oxygens (including phenoxy) is 3. The maximum absolute atomic E-state index is 13.4. The lowest BCUT2D eigenvalue weighted by molar-refractivity contribution is 0.0880. The van der Waals surface area contributed by atoms with Crippen LogP contribution in [0, 0.1) is 5.82 Å². The minimum Gasteiger partial charge on any atom is -0.486 e. The van der Waals surface area contributed by atoms with Gasteiger partial charge in [-0.25, -0.2) is 12.8 Å². The average Bonchev–Trinajstić information content (AvgIpc) is 2.64. The summed E-state index contributed by atoms with van der Waals surface area (Å²) in [6, 6.07) is 9.31. The van der Waals surface area contributed by atoms with E-state index in [4.69, 9.17) is 14.2 Å². The molecular weight excluding hydrogens is 361 g/mol. The van der Waals surface area contributed by atoms with Crippen LogP contribution in [0.25, 0.3) is 0 Å². The second-order valence-electron chi connectivity index (χ2n) is 5.82. The molecule has 1 N–H and O–H groups in total. The van der Waals surface area contributed by atoms with Gasteiger partial charge in [-0.1, -0.05) is 6.07 Å². The van der Waals surface area contributed by atoms with Crippen LogP contribution in [0.1, 0.15) is 0 Å². The molecule has 0 bridgehead atoms. The summed E-state index contributed by atoms with van der Waals surface area (Å²) in [6.07, 6.45) is -0.244. The molecule has 0 aromatic heterocycles. The number of nitrogens with one attached hydrogen (secondary N) is 1. The van der Waals surface area contributed by atoms with Crippen LogP contribution in [0.3, 0.4) is 0 Å².